The van der Waals surface area contributed by atoms with Gasteiger partial charge in [0, 0.05) is 19.1 Å². The number of rotatable bonds is 4. The highest BCUT2D eigenvalue weighted by atomic mass is 19.4. The van der Waals surface area contributed by atoms with E-state index < -0.39 is 18.1 Å². The van der Waals surface area contributed by atoms with Crippen molar-refractivity contribution in [3.63, 3.8) is 0 Å². The van der Waals surface area contributed by atoms with Crippen molar-refractivity contribution >= 4 is 6.03 Å². The van der Waals surface area contributed by atoms with Gasteiger partial charge >= 0.3 is 12.2 Å². The number of primary amides is 1. The molecule has 1 aliphatic carbocycles. The zero-order chi connectivity index (χ0) is 12.9. The maximum Gasteiger partial charge on any atom is 0.391 e. The number of hydrogen-bond donors (Lipinski definition) is 3. The molecule has 0 saturated heterocycles. The van der Waals surface area contributed by atoms with Crippen LogP contribution in [-0.4, -0.2) is 31.3 Å². The highest BCUT2D eigenvalue weighted by Gasteiger charge is 2.41. The predicted molar refractivity (Wildman–Crippen MR) is 57.4 cm³/mol. The molecule has 0 heterocycles. The summed E-state index contributed by atoms with van der Waals surface area (Å²) in [6.45, 7) is 0.929. The Morgan fingerprint density at radius 1 is 1.18 bits per heavy atom. The van der Waals surface area contributed by atoms with Crippen LogP contribution in [0.3, 0.4) is 0 Å². The number of halogens is 3. The van der Waals surface area contributed by atoms with E-state index in [9.17, 15) is 18.0 Å². The zero-order valence-electron chi connectivity index (χ0n) is 9.52. The van der Waals surface area contributed by atoms with E-state index in [1.807, 2.05) is 0 Å². The summed E-state index contributed by atoms with van der Waals surface area (Å²) in [5.74, 6) is -1.15. The molecule has 0 aliphatic heterocycles. The number of urea groups is 1. The SMILES string of the molecule is NC(=O)NCCNC1CCC(C(F)(F)F)CC1. The van der Waals surface area contributed by atoms with Crippen LogP contribution in [0.2, 0.25) is 0 Å². The molecule has 2 amide bonds. The molecule has 7 heteroatoms. The minimum Gasteiger partial charge on any atom is -0.352 e. The first-order valence-corrected chi connectivity index (χ1v) is 5.73. The average Bonchev–Trinajstić information content (AvgIpc) is 2.23. The molecule has 1 aliphatic rings. The number of hydrogen-bond acceptors (Lipinski definition) is 2. The molecule has 0 aromatic rings. The largest absolute Gasteiger partial charge is 0.391 e. The third-order valence-electron chi connectivity index (χ3n) is 3.05. The Balaban J connectivity index is 2.13. The molecule has 1 saturated carbocycles. The molecular formula is C10H18F3N3O. The van der Waals surface area contributed by atoms with E-state index >= 15 is 0 Å². The Hall–Kier alpha value is -0.980. The van der Waals surface area contributed by atoms with Crippen molar-refractivity contribution in [3.8, 4) is 0 Å². The Labute approximate surface area is 98.1 Å². The molecule has 0 spiro atoms. The smallest absolute Gasteiger partial charge is 0.352 e. The van der Waals surface area contributed by atoms with Gasteiger partial charge in [-0.3, -0.25) is 0 Å². The van der Waals surface area contributed by atoms with Gasteiger partial charge in [0.15, 0.2) is 0 Å². The van der Waals surface area contributed by atoms with Gasteiger partial charge in [0.2, 0.25) is 0 Å². The topological polar surface area (TPSA) is 67.2 Å². The van der Waals surface area contributed by atoms with Crippen LogP contribution in [-0.2, 0) is 0 Å². The van der Waals surface area contributed by atoms with Crippen molar-refractivity contribution in [2.24, 2.45) is 11.7 Å². The van der Waals surface area contributed by atoms with E-state index in [4.69, 9.17) is 5.73 Å². The summed E-state index contributed by atoms with van der Waals surface area (Å²) in [6, 6.07) is -0.476. The molecule has 17 heavy (non-hydrogen) atoms. The first-order valence-electron chi connectivity index (χ1n) is 5.73. The van der Waals surface area contributed by atoms with E-state index in [0.29, 0.717) is 25.9 Å². The van der Waals surface area contributed by atoms with Gasteiger partial charge in [-0.15, -0.1) is 0 Å². The summed E-state index contributed by atoms with van der Waals surface area (Å²) >= 11 is 0. The van der Waals surface area contributed by atoms with Gasteiger partial charge in [-0.1, -0.05) is 0 Å². The number of nitrogens with two attached hydrogens (primary N) is 1. The van der Waals surface area contributed by atoms with Gasteiger partial charge in [-0.25, -0.2) is 4.79 Å². The first-order chi connectivity index (χ1) is 7.89. The zero-order valence-corrected chi connectivity index (χ0v) is 9.52. The van der Waals surface area contributed by atoms with Gasteiger partial charge in [0.05, 0.1) is 5.92 Å². The molecule has 1 fully saturated rings. The molecule has 4 N–H and O–H groups in total. The number of amides is 2. The van der Waals surface area contributed by atoms with Crippen molar-refractivity contribution in [1.82, 2.24) is 10.6 Å². The second-order valence-corrected chi connectivity index (χ2v) is 4.34. The molecule has 0 atom stereocenters. The Morgan fingerprint density at radius 2 is 1.76 bits per heavy atom. The second kappa shape index (κ2) is 6.09. The van der Waals surface area contributed by atoms with Gasteiger partial charge in [0.25, 0.3) is 0 Å². The molecule has 4 nitrogen and oxygen atoms in total. The van der Waals surface area contributed by atoms with Crippen molar-refractivity contribution < 1.29 is 18.0 Å². The van der Waals surface area contributed by atoms with Crippen LogP contribution in [0.25, 0.3) is 0 Å². The summed E-state index contributed by atoms with van der Waals surface area (Å²) in [5.41, 5.74) is 4.87. The van der Waals surface area contributed by atoms with Crippen LogP contribution >= 0.6 is 0 Å². The highest BCUT2D eigenvalue weighted by Crippen LogP contribution is 2.37. The Bertz CT molecular complexity index is 250. The minimum absolute atomic E-state index is 0.114. The lowest BCUT2D eigenvalue weighted by Crippen LogP contribution is -2.41. The fraction of sp³-hybridized carbons (Fsp3) is 0.900. The Kier molecular flexibility index (Phi) is 5.04. The van der Waals surface area contributed by atoms with Crippen LogP contribution in [0.15, 0.2) is 0 Å². The molecule has 0 aromatic carbocycles. The molecular weight excluding hydrogens is 235 g/mol. The van der Waals surface area contributed by atoms with E-state index in [1.54, 1.807) is 0 Å². The minimum atomic E-state index is -4.06. The number of alkyl halides is 3. The molecule has 0 radical (unpaired) electrons. The number of nitrogens with one attached hydrogen (secondary N) is 2. The lowest BCUT2D eigenvalue weighted by atomic mass is 9.85. The highest BCUT2D eigenvalue weighted by molar-refractivity contribution is 5.71. The molecule has 1 rings (SSSR count). The van der Waals surface area contributed by atoms with Crippen LogP contribution in [0.1, 0.15) is 25.7 Å². The van der Waals surface area contributed by atoms with E-state index in [2.05, 4.69) is 10.6 Å². The fourth-order valence-electron chi connectivity index (χ4n) is 2.09. The van der Waals surface area contributed by atoms with E-state index in [0.717, 1.165) is 0 Å². The lowest BCUT2D eigenvalue weighted by molar-refractivity contribution is -0.182. The monoisotopic (exact) mass is 253 g/mol. The maximum absolute atomic E-state index is 12.4. The van der Waals surface area contributed by atoms with Gasteiger partial charge in [-0.2, -0.15) is 13.2 Å². The van der Waals surface area contributed by atoms with Gasteiger partial charge < -0.3 is 16.4 Å². The quantitative estimate of drug-likeness (QED) is 0.662. The molecule has 0 unspecified atom stereocenters. The average molecular weight is 253 g/mol. The normalized spacial score (nSPS) is 25.6. The lowest BCUT2D eigenvalue weighted by Gasteiger charge is -2.30. The van der Waals surface area contributed by atoms with Crippen molar-refractivity contribution in [3.05, 3.63) is 0 Å². The van der Waals surface area contributed by atoms with Crippen LogP contribution in [0, 0.1) is 5.92 Å². The van der Waals surface area contributed by atoms with Crippen molar-refractivity contribution in [2.45, 2.75) is 37.9 Å². The van der Waals surface area contributed by atoms with Crippen molar-refractivity contribution in [1.29, 1.82) is 0 Å². The maximum atomic E-state index is 12.4. The van der Waals surface area contributed by atoms with Crippen LogP contribution in [0.4, 0.5) is 18.0 Å². The van der Waals surface area contributed by atoms with Crippen LogP contribution in [0.5, 0.6) is 0 Å². The van der Waals surface area contributed by atoms with Gasteiger partial charge in [0.1, 0.15) is 0 Å². The summed E-state index contributed by atoms with van der Waals surface area (Å²) in [7, 11) is 0. The molecule has 0 aromatic heterocycles. The predicted octanol–water partition coefficient (Wildman–Crippen LogP) is 1.37. The molecule has 100 valence electrons. The summed E-state index contributed by atoms with van der Waals surface area (Å²) in [4.78, 5) is 10.4. The van der Waals surface area contributed by atoms with Crippen molar-refractivity contribution in [2.75, 3.05) is 13.1 Å². The number of carbonyl (C=O) groups excluding carboxylic acids is 1. The second-order valence-electron chi connectivity index (χ2n) is 4.34. The third kappa shape index (κ3) is 5.25. The summed E-state index contributed by atoms with van der Waals surface area (Å²) < 4.78 is 37.1. The summed E-state index contributed by atoms with van der Waals surface area (Å²) in [6.07, 6.45) is -2.63. The fourth-order valence-corrected chi connectivity index (χ4v) is 2.09. The van der Waals surface area contributed by atoms with Crippen LogP contribution < -0.4 is 16.4 Å². The molecule has 0 bridgehead atoms. The number of carbonyl (C=O) groups is 1. The van der Waals surface area contributed by atoms with E-state index in [1.165, 1.54) is 0 Å². The van der Waals surface area contributed by atoms with Gasteiger partial charge in [-0.05, 0) is 25.7 Å². The summed E-state index contributed by atoms with van der Waals surface area (Å²) in [5, 5.41) is 5.53. The third-order valence-corrected chi connectivity index (χ3v) is 3.05. The standard InChI is InChI=1S/C10H18F3N3O/c11-10(12,13)7-1-3-8(4-2-7)15-5-6-16-9(14)17/h7-8,15H,1-6H2,(H3,14,16,17). The Morgan fingerprint density at radius 3 is 2.24 bits per heavy atom. The van der Waals surface area contributed by atoms with E-state index in [-0.39, 0.29) is 18.9 Å². The first kappa shape index (κ1) is 14.1.